The van der Waals surface area contributed by atoms with Gasteiger partial charge in [-0.25, -0.2) is 9.07 Å². The first-order valence-electron chi connectivity index (χ1n) is 10.7. The van der Waals surface area contributed by atoms with Crippen LogP contribution in [-0.2, 0) is 6.54 Å². The highest BCUT2D eigenvalue weighted by Gasteiger charge is 2.28. The number of nitrogens with one attached hydrogen (secondary N) is 1. The fourth-order valence-electron chi connectivity index (χ4n) is 4.24. The highest BCUT2D eigenvalue weighted by atomic mass is 19.1. The number of anilines is 1. The average Bonchev–Trinajstić information content (AvgIpc) is 3.42. The number of carbonyl (C=O) groups excluding carboxylic acids is 2. The number of halogens is 1. The Morgan fingerprint density at radius 2 is 1.82 bits per heavy atom. The highest BCUT2D eigenvalue weighted by molar-refractivity contribution is 5.97. The van der Waals surface area contributed by atoms with E-state index in [1.54, 1.807) is 25.1 Å². The van der Waals surface area contributed by atoms with Crippen LogP contribution in [0, 0.1) is 12.7 Å². The second-order valence-corrected chi connectivity index (χ2v) is 8.21. The first kappa shape index (κ1) is 24.0. The van der Waals surface area contributed by atoms with Crippen molar-refractivity contribution in [3.63, 3.8) is 0 Å². The molecule has 8 heteroatoms. The van der Waals surface area contributed by atoms with Gasteiger partial charge in [-0.15, -0.1) is 0 Å². The number of hydrogen-bond donors (Lipinski definition) is 3. The minimum atomic E-state index is -0.624. The van der Waals surface area contributed by atoms with Crippen LogP contribution in [-0.4, -0.2) is 21.6 Å². The summed E-state index contributed by atoms with van der Waals surface area (Å²) in [5, 5.41) is 7.43. The lowest BCUT2D eigenvalue weighted by molar-refractivity contribution is 0.0948. The van der Waals surface area contributed by atoms with Gasteiger partial charge in [0.05, 0.1) is 17.1 Å². The lowest BCUT2D eigenvalue weighted by Gasteiger charge is -2.10. The Labute approximate surface area is 193 Å². The molecule has 33 heavy (non-hydrogen) atoms. The van der Waals surface area contributed by atoms with E-state index < -0.39 is 11.7 Å². The van der Waals surface area contributed by atoms with Gasteiger partial charge in [-0.05, 0) is 55.2 Å². The van der Waals surface area contributed by atoms with Crippen molar-refractivity contribution in [2.45, 2.75) is 52.5 Å². The summed E-state index contributed by atoms with van der Waals surface area (Å²) in [6.45, 7) is 2.03. The van der Waals surface area contributed by atoms with Crippen LogP contribution in [0.15, 0.2) is 42.5 Å². The summed E-state index contributed by atoms with van der Waals surface area (Å²) in [5.41, 5.74) is 15.6. The molecule has 2 aromatic carbocycles. The molecule has 3 aromatic rings. The van der Waals surface area contributed by atoms with E-state index in [9.17, 15) is 14.0 Å². The number of aromatic nitrogens is 2. The summed E-state index contributed by atoms with van der Waals surface area (Å²) in [4.78, 5) is 24.5. The van der Waals surface area contributed by atoms with Crippen molar-refractivity contribution in [1.29, 1.82) is 0 Å². The monoisotopic (exact) mass is 451 g/mol. The largest absolute Gasteiger partial charge is 0.395 e. The molecule has 1 heterocycles. The lowest BCUT2D eigenvalue weighted by atomic mass is 10.0. The zero-order valence-electron chi connectivity index (χ0n) is 17.9. The van der Waals surface area contributed by atoms with E-state index in [4.69, 9.17) is 11.5 Å². The van der Waals surface area contributed by atoms with Gasteiger partial charge < -0.3 is 16.8 Å². The maximum atomic E-state index is 13.5. The van der Waals surface area contributed by atoms with E-state index >= 15 is 0 Å². The molecule has 0 spiro atoms. The molecule has 2 amide bonds. The first-order chi connectivity index (χ1) is 15.3. The molecule has 0 atom stereocenters. The third kappa shape index (κ3) is 4.89. The fraction of sp³-hybridized carbons (Fsp3) is 0.320. The second kappa shape index (κ2) is 9.85. The van der Waals surface area contributed by atoms with Crippen molar-refractivity contribution in [2.75, 3.05) is 5.73 Å². The normalized spacial score (nSPS) is 13.5. The topological polar surface area (TPSA) is 116 Å². The molecular formula is C25H30FN5O2. The van der Waals surface area contributed by atoms with Crippen LogP contribution >= 0.6 is 0 Å². The highest BCUT2D eigenvalue weighted by Crippen LogP contribution is 2.37. The second-order valence-electron chi connectivity index (χ2n) is 8.21. The van der Waals surface area contributed by atoms with Crippen LogP contribution in [0.3, 0.4) is 0 Å². The molecule has 1 aromatic heterocycles. The Bertz CT molecular complexity index is 1160. The Hall–Kier alpha value is -3.68. The third-order valence-corrected chi connectivity index (χ3v) is 6.00. The van der Waals surface area contributed by atoms with Gasteiger partial charge in [0.15, 0.2) is 5.69 Å². The Balaban J connectivity index is 0.00000306. The van der Waals surface area contributed by atoms with Crippen molar-refractivity contribution in [2.24, 2.45) is 5.73 Å². The number of hydrogen-bond acceptors (Lipinski definition) is 4. The molecule has 5 N–H and O–H groups in total. The van der Waals surface area contributed by atoms with Gasteiger partial charge in [-0.2, -0.15) is 5.10 Å². The van der Waals surface area contributed by atoms with E-state index in [-0.39, 0.29) is 31.5 Å². The summed E-state index contributed by atoms with van der Waals surface area (Å²) in [5.74, 6) is -1.18. The SMILES string of the molecule is C.Cc1ccc(F)cc1C(=O)NCc1ccc(-n2nc(C3CCCC3)c(N)c2C(N)=O)cc1. The quantitative estimate of drug-likeness (QED) is 0.520. The van der Waals surface area contributed by atoms with Gasteiger partial charge >= 0.3 is 0 Å². The molecule has 1 fully saturated rings. The van der Waals surface area contributed by atoms with Crippen LogP contribution in [0.25, 0.3) is 5.69 Å². The number of amides is 2. The zero-order chi connectivity index (χ0) is 22.8. The predicted molar refractivity (Wildman–Crippen MR) is 127 cm³/mol. The maximum Gasteiger partial charge on any atom is 0.269 e. The minimum Gasteiger partial charge on any atom is -0.395 e. The lowest BCUT2D eigenvalue weighted by Crippen LogP contribution is -2.23. The molecule has 174 valence electrons. The van der Waals surface area contributed by atoms with Gasteiger partial charge in [0.1, 0.15) is 5.82 Å². The van der Waals surface area contributed by atoms with Gasteiger partial charge in [0.25, 0.3) is 11.8 Å². The van der Waals surface area contributed by atoms with Crippen LogP contribution in [0.2, 0.25) is 0 Å². The molecular weight excluding hydrogens is 421 g/mol. The third-order valence-electron chi connectivity index (χ3n) is 6.00. The van der Waals surface area contributed by atoms with Gasteiger partial charge in [-0.3, -0.25) is 9.59 Å². The van der Waals surface area contributed by atoms with Gasteiger partial charge in [0, 0.05) is 18.0 Å². The van der Waals surface area contributed by atoms with E-state index in [2.05, 4.69) is 10.4 Å². The van der Waals surface area contributed by atoms with Crippen molar-refractivity contribution in [3.8, 4) is 5.69 Å². The molecule has 0 radical (unpaired) electrons. The smallest absolute Gasteiger partial charge is 0.269 e. The summed E-state index contributed by atoms with van der Waals surface area (Å²) in [7, 11) is 0. The van der Waals surface area contributed by atoms with Gasteiger partial charge in [-0.1, -0.05) is 38.5 Å². The number of benzene rings is 2. The number of nitrogen functional groups attached to an aromatic ring is 1. The van der Waals surface area contributed by atoms with Crippen LogP contribution < -0.4 is 16.8 Å². The van der Waals surface area contributed by atoms with Crippen molar-refractivity contribution >= 4 is 17.5 Å². The molecule has 4 rings (SSSR count). The molecule has 0 saturated heterocycles. The van der Waals surface area contributed by atoms with E-state index in [0.717, 1.165) is 36.9 Å². The number of primary amides is 1. The summed E-state index contributed by atoms with van der Waals surface area (Å²) in [6.07, 6.45) is 4.25. The first-order valence-corrected chi connectivity index (χ1v) is 10.7. The van der Waals surface area contributed by atoms with Crippen molar-refractivity contribution in [3.05, 3.63) is 76.4 Å². The molecule has 7 nitrogen and oxygen atoms in total. The Morgan fingerprint density at radius 1 is 1.15 bits per heavy atom. The van der Waals surface area contributed by atoms with Crippen LogP contribution in [0.5, 0.6) is 0 Å². The molecule has 0 aliphatic heterocycles. The molecule has 1 saturated carbocycles. The summed E-state index contributed by atoms with van der Waals surface area (Å²) in [6, 6.07) is 11.4. The van der Waals surface area contributed by atoms with Gasteiger partial charge in [0.2, 0.25) is 0 Å². The van der Waals surface area contributed by atoms with E-state index in [1.807, 2.05) is 12.1 Å². The molecule has 0 unspecified atom stereocenters. The van der Waals surface area contributed by atoms with E-state index in [1.165, 1.54) is 16.8 Å². The zero-order valence-corrected chi connectivity index (χ0v) is 17.9. The number of carbonyl (C=O) groups is 2. The summed E-state index contributed by atoms with van der Waals surface area (Å²) < 4.78 is 15.0. The number of aryl methyl sites for hydroxylation is 1. The maximum absolute atomic E-state index is 13.5. The Kier molecular flexibility index (Phi) is 7.16. The van der Waals surface area contributed by atoms with Crippen LogP contribution in [0.4, 0.5) is 10.1 Å². The molecule has 1 aliphatic rings. The van der Waals surface area contributed by atoms with E-state index in [0.29, 0.717) is 22.5 Å². The Morgan fingerprint density at radius 3 is 2.45 bits per heavy atom. The average molecular weight is 452 g/mol. The molecule has 1 aliphatic carbocycles. The predicted octanol–water partition coefficient (Wildman–Crippen LogP) is 4.22. The molecule has 0 bridgehead atoms. The fourth-order valence-corrected chi connectivity index (χ4v) is 4.24. The van der Waals surface area contributed by atoms with Crippen molar-refractivity contribution < 1.29 is 14.0 Å². The number of nitrogens with two attached hydrogens (primary N) is 2. The van der Waals surface area contributed by atoms with Crippen molar-refractivity contribution in [1.82, 2.24) is 15.1 Å². The van der Waals surface area contributed by atoms with Crippen LogP contribution in [0.1, 0.15) is 76.7 Å². The summed E-state index contributed by atoms with van der Waals surface area (Å²) >= 11 is 0. The minimum absolute atomic E-state index is 0. The number of nitrogens with zero attached hydrogens (tertiary/aromatic N) is 2. The number of rotatable bonds is 6. The standard InChI is InChI=1S/C24H26FN5O2.CH4/c1-14-6-9-17(25)12-19(14)24(32)28-13-15-7-10-18(11-8-15)30-22(23(27)31)20(26)21(29-30)16-4-2-3-5-16;/h6-12,16H,2-5,13,26H2,1H3,(H2,27,31)(H,28,32);1H4.